The molecule has 0 heterocycles. The molecule has 1 rings (SSSR count). The lowest BCUT2D eigenvalue weighted by Gasteiger charge is -2.21. The molecule has 0 spiro atoms. The van der Waals surface area contributed by atoms with Gasteiger partial charge in [-0.15, -0.1) is 0 Å². The van der Waals surface area contributed by atoms with Crippen molar-refractivity contribution < 1.29 is 9.53 Å². The maximum Gasteiger partial charge on any atom is 0.262 e. The normalized spacial score (nSPS) is 13.7. The first-order chi connectivity index (χ1) is 9.35. The second-order valence-corrected chi connectivity index (χ2v) is 5.48. The van der Waals surface area contributed by atoms with Gasteiger partial charge in [0.05, 0.1) is 0 Å². The summed E-state index contributed by atoms with van der Waals surface area (Å²) in [6.45, 7) is 5.88. The SMILES string of the molecule is CCC(N)Cc1cc(C)ccc1OC(C)C(=O)N(C)C. The Hall–Kier alpha value is -1.55. The van der Waals surface area contributed by atoms with E-state index in [0.29, 0.717) is 0 Å². The summed E-state index contributed by atoms with van der Waals surface area (Å²) in [5, 5.41) is 0. The average molecular weight is 278 g/mol. The lowest BCUT2D eigenvalue weighted by atomic mass is 10.0. The number of aryl methyl sites for hydroxylation is 1. The van der Waals surface area contributed by atoms with Gasteiger partial charge in [0.2, 0.25) is 0 Å². The number of likely N-dealkylation sites (N-methyl/N-ethyl adjacent to an activating group) is 1. The Balaban J connectivity index is 2.91. The van der Waals surface area contributed by atoms with E-state index in [1.165, 1.54) is 10.5 Å². The van der Waals surface area contributed by atoms with Crippen LogP contribution in [0, 0.1) is 6.92 Å². The Morgan fingerprint density at radius 3 is 2.60 bits per heavy atom. The third-order valence-electron chi connectivity index (χ3n) is 3.31. The van der Waals surface area contributed by atoms with E-state index < -0.39 is 6.10 Å². The van der Waals surface area contributed by atoms with Gasteiger partial charge in [-0.1, -0.05) is 24.6 Å². The Morgan fingerprint density at radius 2 is 2.05 bits per heavy atom. The van der Waals surface area contributed by atoms with Crippen LogP contribution < -0.4 is 10.5 Å². The van der Waals surface area contributed by atoms with Gasteiger partial charge in [-0.05, 0) is 38.3 Å². The van der Waals surface area contributed by atoms with E-state index in [9.17, 15) is 4.79 Å². The Kier molecular flexibility index (Phi) is 6.02. The van der Waals surface area contributed by atoms with Gasteiger partial charge in [0.1, 0.15) is 5.75 Å². The number of benzene rings is 1. The first-order valence-electron chi connectivity index (χ1n) is 7.08. The summed E-state index contributed by atoms with van der Waals surface area (Å²) >= 11 is 0. The van der Waals surface area contributed by atoms with Crippen molar-refractivity contribution in [1.82, 2.24) is 4.90 Å². The molecule has 4 nitrogen and oxygen atoms in total. The van der Waals surface area contributed by atoms with Crippen molar-refractivity contribution in [2.45, 2.75) is 45.8 Å². The maximum absolute atomic E-state index is 11.9. The van der Waals surface area contributed by atoms with Crippen LogP contribution in [0.3, 0.4) is 0 Å². The van der Waals surface area contributed by atoms with Crippen LogP contribution in [0.25, 0.3) is 0 Å². The minimum absolute atomic E-state index is 0.0451. The number of amides is 1. The monoisotopic (exact) mass is 278 g/mol. The Morgan fingerprint density at radius 1 is 1.40 bits per heavy atom. The van der Waals surface area contributed by atoms with Gasteiger partial charge in [0.15, 0.2) is 6.10 Å². The first kappa shape index (κ1) is 16.5. The minimum atomic E-state index is -0.496. The standard InChI is InChI=1S/C16H26N2O2/c1-6-14(17)10-13-9-11(2)7-8-15(13)20-12(3)16(19)18(4)5/h7-9,12,14H,6,10,17H2,1-5H3. The molecule has 0 aliphatic heterocycles. The van der Waals surface area contributed by atoms with Crippen LogP contribution >= 0.6 is 0 Å². The van der Waals surface area contributed by atoms with E-state index in [1.807, 2.05) is 19.1 Å². The van der Waals surface area contributed by atoms with Gasteiger partial charge in [0, 0.05) is 20.1 Å². The van der Waals surface area contributed by atoms with Crippen LogP contribution in [0.15, 0.2) is 18.2 Å². The second-order valence-electron chi connectivity index (χ2n) is 5.48. The molecule has 0 fully saturated rings. The van der Waals surface area contributed by atoms with Gasteiger partial charge in [-0.3, -0.25) is 4.79 Å². The topological polar surface area (TPSA) is 55.6 Å². The number of carbonyl (C=O) groups is 1. The largest absolute Gasteiger partial charge is 0.481 e. The Bertz CT molecular complexity index is 458. The molecule has 0 saturated heterocycles. The molecule has 1 amide bonds. The van der Waals surface area contributed by atoms with Gasteiger partial charge in [-0.2, -0.15) is 0 Å². The molecule has 0 radical (unpaired) electrons. The minimum Gasteiger partial charge on any atom is -0.481 e. The molecule has 20 heavy (non-hydrogen) atoms. The zero-order chi connectivity index (χ0) is 15.3. The molecule has 0 aliphatic carbocycles. The molecule has 0 aliphatic rings. The van der Waals surface area contributed by atoms with Gasteiger partial charge in [-0.25, -0.2) is 0 Å². The molecule has 112 valence electrons. The smallest absolute Gasteiger partial charge is 0.262 e. The molecular formula is C16H26N2O2. The lowest BCUT2D eigenvalue weighted by molar-refractivity contribution is -0.135. The van der Waals surface area contributed by atoms with Crippen molar-refractivity contribution >= 4 is 5.91 Å². The Labute approximate surface area is 121 Å². The highest BCUT2D eigenvalue weighted by Gasteiger charge is 2.18. The predicted molar refractivity (Wildman–Crippen MR) is 81.9 cm³/mol. The van der Waals surface area contributed by atoms with E-state index in [0.717, 1.165) is 24.2 Å². The molecule has 0 bridgehead atoms. The van der Waals surface area contributed by atoms with Crippen LogP contribution in [0.2, 0.25) is 0 Å². The van der Waals surface area contributed by atoms with E-state index in [-0.39, 0.29) is 11.9 Å². The van der Waals surface area contributed by atoms with Crippen molar-refractivity contribution in [3.8, 4) is 5.75 Å². The van der Waals surface area contributed by atoms with E-state index in [1.54, 1.807) is 21.0 Å². The van der Waals surface area contributed by atoms with E-state index in [2.05, 4.69) is 13.0 Å². The molecule has 2 N–H and O–H groups in total. The number of hydrogen-bond acceptors (Lipinski definition) is 3. The quantitative estimate of drug-likeness (QED) is 0.867. The molecule has 0 aromatic heterocycles. The average Bonchev–Trinajstić information content (AvgIpc) is 2.40. The molecule has 2 atom stereocenters. The molecule has 0 saturated carbocycles. The fourth-order valence-electron chi connectivity index (χ4n) is 2.01. The second kappa shape index (κ2) is 7.29. The highest BCUT2D eigenvalue weighted by Crippen LogP contribution is 2.23. The van der Waals surface area contributed by atoms with E-state index in [4.69, 9.17) is 10.5 Å². The van der Waals surface area contributed by atoms with Crippen LogP contribution in [-0.2, 0) is 11.2 Å². The van der Waals surface area contributed by atoms with Crippen molar-refractivity contribution in [3.63, 3.8) is 0 Å². The highest BCUT2D eigenvalue weighted by atomic mass is 16.5. The van der Waals surface area contributed by atoms with Crippen LogP contribution in [0.5, 0.6) is 5.75 Å². The summed E-state index contributed by atoms with van der Waals surface area (Å²) < 4.78 is 5.82. The number of ether oxygens (including phenoxy) is 1. The third-order valence-corrected chi connectivity index (χ3v) is 3.31. The van der Waals surface area contributed by atoms with Gasteiger partial charge in [0.25, 0.3) is 5.91 Å². The lowest BCUT2D eigenvalue weighted by Crippen LogP contribution is -2.35. The molecular weight excluding hydrogens is 252 g/mol. The molecule has 2 unspecified atom stereocenters. The summed E-state index contributed by atoms with van der Waals surface area (Å²) in [4.78, 5) is 13.4. The van der Waals surface area contributed by atoms with Crippen LogP contribution in [0.4, 0.5) is 0 Å². The summed E-state index contributed by atoms with van der Waals surface area (Å²) in [6.07, 6.45) is 1.18. The maximum atomic E-state index is 11.9. The van der Waals surface area contributed by atoms with Crippen molar-refractivity contribution in [2.24, 2.45) is 5.73 Å². The summed E-state index contributed by atoms with van der Waals surface area (Å²) in [6, 6.07) is 6.10. The number of nitrogens with zero attached hydrogens (tertiary/aromatic N) is 1. The fraction of sp³-hybridized carbons (Fsp3) is 0.562. The van der Waals surface area contributed by atoms with Crippen LogP contribution in [0.1, 0.15) is 31.4 Å². The van der Waals surface area contributed by atoms with Gasteiger partial charge >= 0.3 is 0 Å². The highest BCUT2D eigenvalue weighted by molar-refractivity contribution is 5.80. The number of hydrogen-bond donors (Lipinski definition) is 1. The number of nitrogens with two attached hydrogens (primary N) is 1. The summed E-state index contributed by atoms with van der Waals surface area (Å²) in [7, 11) is 3.45. The first-order valence-corrected chi connectivity index (χ1v) is 7.08. The summed E-state index contributed by atoms with van der Waals surface area (Å²) in [5.41, 5.74) is 8.27. The van der Waals surface area contributed by atoms with E-state index >= 15 is 0 Å². The number of rotatable bonds is 6. The van der Waals surface area contributed by atoms with Gasteiger partial charge < -0.3 is 15.4 Å². The predicted octanol–water partition coefficient (Wildman–Crippen LogP) is 2.13. The van der Waals surface area contributed by atoms with Crippen molar-refractivity contribution in [3.05, 3.63) is 29.3 Å². The molecule has 1 aromatic carbocycles. The van der Waals surface area contributed by atoms with Crippen molar-refractivity contribution in [1.29, 1.82) is 0 Å². The van der Waals surface area contributed by atoms with Crippen molar-refractivity contribution in [2.75, 3.05) is 14.1 Å². The fourth-order valence-corrected chi connectivity index (χ4v) is 2.01. The summed E-state index contributed by atoms with van der Waals surface area (Å²) in [5.74, 6) is 0.707. The molecule has 1 aromatic rings. The molecule has 4 heteroatoms. The zero-order valence-corrected chi connectivity index (χ0v) is 13.1. The zero-order valence-electron chi connectivity index (χ0n) is 13.1. The third kappa shape index (κ3) is 4.53. The van der Waals surface area contributed by atoms with Crippen LogP contribution in [-0.4, -0.2) is 37.0 Å². The number of carbonyl (C=O) groups excluding carboxylic acids is 1.